The third-order valence-corrected chi connectivity index (χ3v) is 18.0. The van der Waals surface area contributed by atoms with E-state index in [1.54, 1.807) is 32.6 Å². The van der Waals surface area contributed by atoms with Crippen LogP contribution in [0.5, 0.6) is 11.5 Å². The first-order chi connectivity index (χ1) is 26.8. The van der Waals surface area contributed by atoms with Crippen LogP contribution in [0.25, 0.3) is 0 Å². The number of ketones is 1. The van der Waals surface area contributed by atoms with Crippen LogP contribution in [0.1, 0.15) is 113 Å². The Kier molecular flexibility index (Phi) is 8.29. The molecule has 1 amide bonds. The van der Waals surface area contributed by atoms with Crippen LogP contribution in [0.3, 0.4) is 0 Å². The third-order valence-electron chi connectivity index (χ3n) is 18.0. The lowest BCUT2D eigenvalue weighted by Crippen LogP contribution is -2.67. The summed E-state index contributed by atoms with van der Waals surface area (Å²) in [6, 6.07) is 9.29. The third kappa shape index (κ3) is 5.09. The molecule has 0 saturated heterocycles. The molecule has 1 unspecified atom stereocenters. The highest BCUT2D eigenvalue weighted by molar-refractivity contribution is 6.08. The maximum atomic E-state index is 14.9. The van der Waals surface area contributed by atoms with Gasteiger partial charge in [0.1, 0.15) is 0 Å². The fourth-order valence-electron chi connectivity index (χ4n) is 15.9. The van der Waals surface area contributed by atoms with Gasteiger partial charge < -0.3 is 29.0 Å². The highest BCUT2D eigenvalue weighted by Gasteiger charge is 2.75. The molecule has 6 bridgehead atoms. The average Bonchev–Trinajstić information content (AvgIpc) is 3.80. The van der Waals surface area contributed by atoms with Gasteiger partial charge in [-0.1, -0.05) is 38.1 Å². The average molecular weight is 764 g/mol. The summed E-state index contributed by atoms with van der Waals surface area (Å²) in [6.45, 7) is 5.70. The number of rotatable bonds is 10. The molecule has 12 rings (SSSR count). The number of carbonyl (C=O) groups is 2. The SMILES string of the molecule is COc1ccc(CC(=O)N(CC23CC4CC(CC(C4)C2)C3)C[C@]2(O)CC[C@H]3[C@]45C=C[C@@]6(C=C4C(=O)c4ccco4)CC(O)CC[C@]6(C)[C@H]5CC[C@@]32C)cc1OC. The largest absolute Gasteiger partial charge is 0.493 e. The van der Waals surface area contributed by atoms with Gasteiger partial charge in [-0.15, -0.1) is 0 Å². The van der Waals surface area contributed by atoms with Crippen molar-refractivity contribution in [3.63, 3.8) is 0 Å². The first-order valence-electron chi connectivity index (χ1n) is 21.7. The molecule has 1 aromatic carbocycles. The number of carbonyl (C=O) groups excluding carboxylic acids is 2. The first kappa shape index (κ1) is 36.9. The Labute approximate surface area is 332 Å². The number of nitrogens with zero attached hydrogens (tertiary/aromatic N) is 1. The molecule has 2 aromatic rings. The van der Waals surface area contributed by atoms with Gasteiger partial charge in [0, 0.05) is 34.9 Å². The van der Waals surface area contributed by atoms with E-state index in [1.807, 2.05) is 18.2 Å². The topological polar surface area (TPSA) is 109 Å². The monoisotopic (exact) mass is 763 g/mol. The number of ether oxygens (including phenoxy) is 2. The summed E-state index contributed by atoms with van der Waals surface area (Å²) in [5.74, 6) is 4.05. The van der Waals surface area contributed by atoms with Crippen molar-refractivity contribution in [2.75, 3.05) is 27.3 Å². The van der Waals surface area contributed by atoms with Crippen molar-refractivity contribution in [2.45, 2.75) is 115 Å². The second kappa shape index (κ2) is 12.6. The van der Waals surface area contributed by atoms with Gasteiger partial charge in [-0.25, -0.2) is 0 Å². The summed E-state index contributed by atoms with van der Waals surface area (Å²) < 4.78 is 16.9. The molecular formula is C48H61NO7. The fourth-order valence-corrected chi connectivity index (χ4v) is 15.9. The van der Waals surface area contributed by atoms with Crippen molar-refractivity contribution in [3.8, 4) is 11.5 Å². The van der Waals surface area contributed by atoms with Gasteiger partial charge in [-0.3, -0.25) is 9.59 Å². The van der Waals surface area contributed by atoms with Crippen LogP contribution < -0.4 is 9.47 Å². The van der Waals surface area contributed by atoms with E-state index in [4.69, 9.17) is 13.9 Å². The number of fused-ring (bicyclic) bond motifs is 1. The first-order valence-corrected chi connectivity index (χ1v) is 21.7. The summed E-state index contributed by atoms with van der Waals surface area (Å²) in [5, 5.41) is 24.5. The Morgan fingerprint density at radius 2 is 1.52 bits per heavy atom. The molecule has 1 aromatic heterocycles. The smallest absolute Gasteiger partial charge is 0.227 e. The number of benzene rings is 1. The molecule has 10 aliphatic carbocycles. The standard InChI is InChI=1S/C48H61NO7/c1-43-12-9-34(50)26-46(43)15-16-48(35(27-46)42(52)37-6-5-17-56-37)39(43)10-13-44(2)40(48)11-14-47(44,53)29-49(28-45-23-31-18-32(24-45)20-33(19-31)25-45)41(51)22-30-7-8-36(54-3)38(21-30)55-4/h5-8,15-17,21,27,31-34,39-40,50,53H,9-14,18-20,22-26,28-29H2,1-4H3/t31?,32?,33?,34?,39-,40-,43-,44+,45?,46+,47-,48-/m1/s1. The predicted octanol–water partition coefficient (Wildman–Crippen LogP) is 8.36. The second-order valence-corrected chi connectivity index (χ2v) is 20.7. The number of furan rings is 1. The summed E-state index contributed by atoms with van der Waals surface area (Å²) in [6.07, 6.45) is 21.3. The van der Waals surface area contributed by atoms with Crippen molar-refractivity contribution in [1.82, 2.24) is 4.90 Å². The lowest BCUT2D eigenvalue weighted by Gasteiger charge is -2.71. The number of methoxy groups -OCH3 is 2. The summed E-state index contributed by atoms with van der Waals surface area (Å²) in [7, 11) is 3.25. The Morgan fingerprint density at radius 3 is 2.20 bits per heavy atom. The highest BCUT2D eigenvalue weighted by atomic mass is 16.5. The minimum atomic E-state index is -1.13. The number of allylic oxidation sites excluding steroid dienone is 4. The molecule has 8 nitrogen and oxygen atoms in total. The number of hydrogen-bond acceptors (Lipinski definition) is 7. The highest BCUT2D eigenvalue weighted by Crippen LogP contribution is 2.78. The van der Waals surface area contributed by atoms with Gasteiger partial charge in [-0.2, -0.15) is 0 Å². The number of aliphatic hydroxyl groups excluding tert-OH is 1. The minimum absolute atomic E-state index is 0.00416. The van der Waals surface area contributed by atoms with Crippen LogP contribution in [-0.2, 0) is 11.2 Å². The van der Waals surface area contributed by atoms with Crippen LogP contribution >= 0.6 is 0 Å². The van der Waals surface area contributed by atoms with Gasteiger partial charge in [0.2, 0.25) is 11.7 Å². The molecule has 2 spiro atoms. The second-order valence-electron chi connectivity index (χ2n) is 20.7. The molecule has 8 heteroatoms. The summed E-state index contributed by atoms with van der Waals surface area (Å²) in [4.78, 5) is 31.7. The Balaban J connectivity index is 1.02. The minimum Gasteiger partial charge on any atom is -0.493 e. The zero-order valence-electron chi connectivity index (χ0n) is 33.9. The Bertz CT molecular complexity index is 1950. The van der Waals surface area contributed by atoms with Crippen LogP contribution in [0.4, 0.5) is 0 Å². The lowest BCUT2D eigenvalue weighted by atomic mass is 9.32. The molecule has 10 aliphatic rings. The van der Waals surface area contributed by atoms with Crippen molar-refractivity contribution in [2.24, 2.45) is 56.7 Å². The molecule has 0 radical (unpaired) electrons. The van der Waals surface area contributed by atoms with E-state index < -0.39 is 27.9 Å². The summed E-state index contributed by atoms with van der Waals surface area (Å²) in [5.41, 5.74) is -0.983. The van der Waals surface area contributed by atoms with Crippen LogP contribution in [0.2, 0.25) is 0 Å². The van der Waals surface area contributed by atoms with Crippen LogP contribution in [-0.4, -0.2) is 65.8 Å². The van der Waals surface area contributed by atoms with Crippen molar-refractivity contribution in [1.29, 1.82) is 0 Å². The summed E-state index contributed by atoms with van der Waals surface area (Å²) >= 11 is 0. The maximum Gasteiger partial charge on any atom is 0.227 e. The molecule has 300 valence electrons. The van der Waals surface area contributed by atoms with Gasteiger partial charge in [-0.05, 0) is 154 Å². The van der Waals surface area contributed by atoms with Crippen molar-refractivity contribution in [3.05, 3.63) is 71.7 Å². The molecule has 8 atom stereocenters. The van der Waals surface area contributed by atoms with E-state index in [9.17, 15) is 19.8 Å². The van der Waals surface area contributed by atoms with Gasteiger partial charge in [0.05, 0.1) is 38.6 Å². The van der Waals surface area contributed by atoms with E-state index in [2.05, 4.69) is 37.0 Å². The number of aliphatic hydroxyl groups is 2. The van der Waals surface area contributed by atoms with E-state index in [0.717, 1.165) is 61.0 Å². The molecule has 0 aliphatic heterocycles. The Morgan fingerprint density at radius 1 is 0.839 bits per heavy atom. The van der Waals surface area contributed by atoms with Crippen LogP contribution in [0.15, 0.2) is 64.8 Å². The van der Waals surface area contributed by atoms with E-state index >= 15 is 0 Å². The molecule has 56 heavy (non-hydrogen) atoms. The van der Waals surface area contributed by atoms with E-state index in [-0.39, 0.29) is 40.8 Å². The quantitative estimate of drug-likeness (QED) is 0.185. The number of hydrogen-bond donors (Lipinski definition) is 2. The van der Waals surface area contributed by atoms with Crippen molar-refractivity contribution < 1.29 is 33.7 Å². The zero-order valence-corrected chi connectivity index (χ0v) is 33.9. The molecular weight excluding hydrogens is 703 g/mol. The zero-order chi connectivity index (χ0) is 38.9. The van der Waals surface area contributed by atoms with Crippen LogP contribution in [0, 0.1) is 56.7 Å². The van der Waals surface area contributed by atoms with Gasteiger partial charge in [0.15, 0.2) is 17.3 Å². The number of Topliss-reactive ketones (excluding diaryl/α,β-unsaturated/α-hetero) is 1. The Hall–Kier alpha value is -3.36. The molecule has 2 N–H and O–H groups in total. The normalized spacial score (nSPS) is 43.8. The fraction of sp³-hybridized carbons (Fsp3) is 0.667. The molecule has 7 fully saturated rings. The van der Waals surface area contributed by atoms with E-state index in [1.165, 1.54) is 38.5 Å². The maximum absolute atomic E-state index is 14.9. The number of amides is 1. The predicted molar refractivity (Wildman–Crippen MR) is 212 cm³/mol. The van der Waals surface area contributed by atoms with Crippen molar-refractivity contribution >= 4 is 11.7 Å². The lowest BCUT2D eigenvalue weighted by molar-refractivity contribution is -0.181. The van der Waals surface area contributed by atoms with E-state index in [0.29, 0.717) is 43.2 Å². The van der Waals surface area contributed by atoms with Gasteiger partial charge >= 0.3 is 0 Å². The molecule has 1 heterocycles. The molecule has 7 saturated carbocycles. The van der Waals surface area contributed by atoms with Gasteiger partial charge in [0.25, 0.3) is 0 Å².